The number of hydrogen-bond donors (Lipinski definition) is 1. The number of nitrogens with zero attached hydrogens (tertiary/aromatic N) is 2. The van der Waals surface area contributed by atoms with Crippen LogP contribution >= 0.6 is 11.3 Å². The van der Waals surface area contributed by atoms with Crippen LogP contribution in [0, 0.1) is 13.8 Å². The fourth-order valence-corrected chi connectivity index (χ4v) is 3.61. The summed E-state index contributed by atoms with van der Waals surface area (Å²) in [6.45, 7) is 4.51. The van der Waals surface area contributed by atoms with Gasteiger partial charge in [0.05, 0.1) is 5.69 Å². The summed E-state index contributed by atoms with van der Waals surface area (Å²) >= 11 is 1.58. The van der Waals surface area contributed by atoms with Gasteiger partial charge >= 0.3 is 0 Å². The Morgan fingerprint density at radius 1 is 1.04 bits per heavy atom. The molecule has 2 heterocycles. The number of carbonyl (C=O) groups is 2. The highest BCUT2D eigenvalue weighted by Gasteiger charge is 2.10. The topological polar surface area (TPSA) is 72.0 Å². The van der Waals surface area contributed by atoms with Crippen molar-refractivity contribution in [1.29, 1.82) is 0 Å². The Balaban J connectivity index is 1.42. The number of aromatic nitrogens is 2. The molecule has 0 bridgehead atoms. The van der Waals surface area contributed by atoms with Crippen LogP contribution in [0.25, 0.3) is 10.6 Å². The van der Waals surface area contributed by atoms with E-state index in [1.807, 2.05) is 49.6 Å². The molecule has 1 aromatic carbocycles. The Bertz CT molecular complexity index is 967. The van der Waals surface area contributed by atoms with Crippen molar-refractivity contribution in [3.05, 3.63) is 70.5 Å². The first-order chi connectivity index (χ1) is 13.5. The summed E-state index contributed by atoms with van der Waals surface area (Å²) in [7, 11) is 0. The number of amides is 1. The van der Waals surface area contributed by atoms with E-state index in [0.29, 0.717) is 18.5 Å². The van der Waals surface area contributed by atoms with Gasteiger partial charge in [-0.25, -0.2) is 4.98 Å². The smallest absolute Gasteiger partial charge is 0.220 e. The Kier molecular flexibility index (Phi) is 6.66. The average Bonchev–Trinajstić information content (AvgIpc) is 3.18. The number of thiazole rings is 1. The first-order valence-electron chi connectivity index (χ1n) is 9.25. The molecule has 0 atom stereocenters. The summed E-state index contributed by atoms with van der Waals surface area (Å²) < 4.78 is 0. The quantitative estimate of drug-likeness (QED) is 0.584. The average molecular weight is 394 g/mol. The van der Waals surface area contributed by atoms with Gasteiger partial charge in [0.15, 0.2) is 5.78 Å². The fraction of sp³-hybridized carbons (Fsp3) is 0.273. The summed E-state index contributed by atoms with van der Waals surface area (Å²) in [5, 5.41) is 5.82. The largest absolute Gasteiger partial charge is 0.356 e. The van der Waals surface area contributed by atoms with Gasteiger partial charge in [-0.15, -0.1) is 11.3 Å². The van der Waals surface area contributed by atoms with Crippen LogP contribution in [0.1, 0.15) is 40.0 Å². The maximum Gasteiger partial charge on any atom is 0.220 e. The molecule has 0 fully saturated rings. The van der Waals surface area contributed by atoms with Crippen molar-refractivity contribution in [1.82, 2.24) is 15.3 Å². The molecule has 6 heteroatoms. The molecule has 0 spiro atoms. The summed E-state index contributed by atoms with van der Waals surface area (Å²) in [6, 6.07) is 9.51. The minimum Gasteiger partial charge on any atom is -0.356 e. The number of carbonyl (C=O) groups excluding carboxylic acids is 2. The summed E-state index contributed by atoms with van der Waals surface area (Å²) in [4.78, 5) is 32.9. The van der Waals surface area contributed by atoms with Gasteiger partial charge in [0.1, 0.15) is 5.01 Å². The van der Waals surface area contributed by atoms with Crippen LogP contribution in [-0.4, -0.2) is 28.2 Å². The number of pyridine rings is 1. The van der Waals surface area contributed by atoms with Crippen LogP contribution in [0.3, 0.4) is 0 Å². The van der Waals surface area contributed by atoms with Crippen molar-refractivity contribution >= 4 is 23.0 Å². The van der Waals surface area contributed by atoms with E-state index in [1.165, 1.54) is 0 Å². The predicted molar refractivity (Wildman–Crippen MR) is 112 cm³/mol. The Hall–Kier alpha value is -2.86. The standard InChI is InChI=1S/C22H23N3O2S/c1-15-3-4-18(13-16(15)2)20(26)5-6-21(27)24-12-9-19-14-28-22(25-19)17-7-10-23-11-8-17/h3-4,7-8,10-11,13-14H,5-6,9,12H2,1-2H3,(H,24,27). The van der Waals surface area contributed by atoms with Crippen LogP contribution in [-0.2, 0) is 11.2 Å². The highest BCUT2D eigenvalue weighted by atomic mass is 32.1. The van der Waals surface area contributed by atoms with Gasteiger partial charge in [-0.05, 0) is 43.2 Å². The molecule has 3 rings (SSSR count). The van der Waals surface area contributed by atoms with Crippen LogP contribution in [0.2, 0.25) is 0 Å². The minimum atomic E-state index is -0.109. The zero-order valence-electron chi connectivity index (χ0n) is 16.1. The van der Waals surface area contributed by atoms with Crippen molar-refractivity contribution in [2.24, 2.45) is 0 Å². The van der Waals surface area contributed by atoms with Gasteiger partial charge in [0, 0.05) is 54.7 Å². The lowest BCUT2D eigenvalue weighted by molar-refractivity contribution is -0.121. The Labute approximate surface area is 168 Å². The number of aryl methyl sites for hydroxylation is 2. The number of ketones is 1. The molecule has 1 amide bonds. The fourth-order valence-electron chi connectivity index (χ4n) is 2.75. The van der Waals surface area contributed by atoms with Gasteiger partial charge in [-0.3, -0.25) is 14.6 Å². The number of benzene rings is 1. The molecule has 0 saturated carbocycles. The molecule has 3 aromatic rings. The van der Waals surface area contributed by atoms with Crippen molar-refractivity contribution in [2.45, 2.75) is 33.1 Å². The van der Waals surface area contributed by atoms with Crippen molar-refractivity contribution in [3.8, 4) is 10.6 Å². The number of hydrogen-bond acceptors (Lipinski definition) is 5. The van der Waals surface area contributed by atoms with Crippen molar-refractivity contribution in [3.63, 3.8) is 0 Å². The van der Waals surface area contributed by atoms with Gasteiger partial charge < -0.3 is 5.32 Å². The molecule has 0 aliphatic heterocycles. The lowest BCUT2D eigenvalue weighted by Crippen LogP contribution is -2.26. The van der Waals surface area contributed by atoms with Gasteiger partial charge in [0.2, 0.25) is 5.91 Å². The van der Waals surface area contributed by atoms with E-state index in [1.54, 1.807) is 23.7 Å². The van der Waals surface area contributed by atoms with E-state index in [2.05, 4.69) is 15.3 Å². The second-order valence-electron chi connectivity index (χ2n) is 6.70. The SMILES string of the molecule is Cc1ccc(C(=O)CCC(=O)NCCc2csc(-c3ccncc3)n2)cc1C. The second-order valence-corrected chi connectivity index (χ2v) is 7.56. The first kappa shape index (κ1) is 19.9. The first-order valence-corrected chi connectivity index (χ1v) is 10.1. The maximum atomic E-state index is 12.3. The van der Waals surface area contributed by atoms with Crippen LogP contribution in [0.4, 0.5) is 0 Å². The molecule has 0 radical (unpaired) electrons. The Morgan fingerprint density at radius 3 is 2.57 bits per heavy atom. The number of Topliss-reactive ketones (excluding diaryl/α,β-unsaturated/α-hetero) is 1. The molecule has 28 heavy (non-hydrogen) atoms. The van der Waals surface area contributed by atoms with E-state index in [0.717, 1.165) is 27.4 Å². The highest BCUT2D eigenvalue weighted by Crippen LogP contribution is 2.22. The molecule has 2 aromatic heterocycles. The molecular formula is C22H23N3O2S. The highest BCUT2D eigenvalue weighted by molar-refractivity contribution is 7.13. The van der Waals surface area contributed by atoms with Gasteiger partial charge in [-0.2, -0.15) is 0 Å². The molecule has 144 valence electrons. The zero-order chi connectivity index (χ0) is 19.9. The van der Waals surface area contributed by atoms with E-state index >= 15 is 0 Å². The third-order valence-electron chi connectivity index (χ3n) is 4.59. The summed E-state index contributed by atoms with van der Waals surface area (Å²) in [6.07, 6.45) is 4.58. The minimum absolute atomic E-state index is 0.000237. The molecule has 1 N–H and O–H groups in total. The van der Waals surface area contributed by atoms with E-state index in [-0.39, 0.29) is 24.5 Å². The van der Waals surface area contributed by atoms with E-state index in [4.69, 9.17) is 0 Å². The maximum absolute atomic E-state index is 12.3. The lowest BCUT2D eigenvalue weighted by Gasteiger charge is -2.06. The number of rotatable bonds is 8. The molecular weight excluding hydrogens is 370 g/mol. The lowest BCUT2D eigenvalue weighted by atomic mass is 10.0. The van der Waals surface area contributed by atoms with E-state index in [9.17, 15) is 9.59 Å². The van der Waals surface area contributed by atoms with Crippen LogP contribution in [0.15, 0.2) is 48.1 Å². The van der Waals surface area contributed by atoms with Gasteiger partial charge in [0.25, 0.3) is 0 Å². The molecule has 0 aliphatic rings. The van der Waals surface area contributed by atoms with Crippen LogP contribution < -0.4 is 5.32 Å². The van der Waals surface area contributed by atoms with Crippen molar-refractivity contribution in [2.75, 3.05) is 6.54 Å². The predicted octanol–water partition coefficient (Wildman–Crippen LogP) is 4.14. The Morgan fingerprint density at radius 2 is 1.82 bits per heavy atom. The zero-order valence-corrected chi connectivity index (χ0v) is 16.9. The summed E-state index contributed by atoms with van der Waals surface area (Å²) in [5.41, 5.74) is 4.90. The van der Waals surface area contributed by atoms with Crippen molar-refractivity contribution < 1.29 is 9.59 Å². The second kappa shape index (κ2) is 9.37. The van der Waals surface area contributed by atoms with E-state index < -0.39 is 0 Å². The monoisotopic (exact) mass is 393 g/mol. The van der Waals surface area contributed by atoms with Crippen LogP contribution in [0.5, 0.6) is 0 Å². The molecule has 5 nitrogen and oxygen atoms in total. The molecule has 0 aliphatic carbocycles. The third-order valence-corrected chi connectivity index (χ3v) is 5.53. The third kappa shape index (κ3) is 5.33. The molecule has 0 saturated heterocycles. The number of nitrogens with one attached hydrogen (secondary N) is 1. The molecule has 0 unspecified atom stereocenters. The summed E-state index contributed by atoms with van der Waals surface area (Å²) in [5.74, 6) is -0.110. The van der Waals surface area contributed by atoms with Gasteiger partial charge in [-0.1, -0.05) is 12.1 Å². The normalized spacial score (nSPS) is 10.6.